The van der Waals surface area contributed by atoms with Crippen LogP contribution in [-0.4, -0.2) is 48.1 Å². The maximum atomic E-state index is 12.7. The third-order valence-electron chi connectivity index (χ3n) is 3.45. The fourth-order valence-electron chi connectivity index (χ4n) is 2.36. The smallest absolute Gasteiger partial charge is 0.273 e. The summed E-state index contributed by atoms with van der Waals surface area (Å²) in [5.74, 6) is 5.58. The van der Waals surface area contributed by atoms with E-state index >= 15 is 0 Å². The summed E-state index contributed by atoms with van der Waals surface area (Å²) < 4.78 is 5.61. The highest BCUT2D eigenvalue weighted by Gasteiger charge is 2.24. The van der Waals surface area contributed by atoms with Crippen molar-refractivity contribution in [2.24, 2.45) is 5.73 Å². The van der Waals surface area contributed by atoms with Crippen LogP contribution in [0.4, 0.5) is 0 Å². The van der Waals surface area contributed by atoms with Crippen LogP contribution in [0.3, 0.4) is 0 Å². The van der Waals surface area contributed by atoms with Crippen LogP contribution in [0.25, 0.3) is 0 Å². The zero-order valence-corrected chi connectivity index (χ0v) is 12.3. The first-order valence-electron chi connectivity index (χ1n) is 7.31. The van der Waals surface area contributed by atoms with Gasteiger partial charge in [0.2, 0.25) is 0 Å². The van der Waals surface area contributed by atoms with E-state index < -0.39 is 0 Å². The second-order valence-electron chi connectivity index (χ2n) is 4.88. The van der Waals surface area contributed by atoms with Gasteiger partial charge >= 0.3 is 0 Å². The highest BCUT2D eigenvalue weighted by molar-refractivity contribution is 5.94. The topological polar surface area (TPSA) is 68.5 Å². The molecule has 1 aliphatic rings. The van der Waals surface area contributed by atoms with Crippen molar-refractivity contribution >= 4 is 5.91 Å². The molecule has 1 fully saturated rings. The van der Waals surface area contributed by atoms with E-state index in [1.165, 1.54) is 0 Å². The van der Waals surface area contributed by atoms with E-state index in [0.29, 0.717) is 24.3 Å². The second-order valence-corrected chi connectivity index (χ2v) is 4.88. The van der Waals surface area contributed by atoms with Crippen molar-refractivity contribution < 1.29 is 9.53 Å². The van der Waals surface area contributed by atoms with Crippen molar-refractivity contribution in [3.8, 4) is 11.8 Å². The second kappa shape index (κ2) is 7.77. The number of carbonyl (C=O) groups excluding carboxylic acids is 1. The van der Waals surface area contributed by atoms with E-state index in [9.17, 15) is 4.79 Å². The van der Waals surface area contributed by atoms with Gasteiger partial charge in [0.1, 0.15) is 5.69 Å². The molecule has 0 aromatic carbocycles. The normalized spacial score (nSPS) is 17.1. The summed E-state index contributed by atoms with van der Waals surface area (Å²) in [6, 6.07) is 3.57. The number of hydrogen-bond donors (Lipinski definition) is 1. The molecule has 1 atom stereocenters. The summed E-state index contributed by atoms with van der Waals surface area (Å²) in [4.78, 5) is 18.6. The van der Waals surface area contributed by atoms with Crippen molar-refractivity contribution in [3.63, 3.8) is 0 Å². The molecule has 0 bridgehead atoms. The Morgan fingerprint density at radius 1 is 1.62 bits per heavy atom. The minimum atomic E-state index is -0.102. The molecule has 2 heterocycles. The van der Waals surface area contributed by atoms with Crippen molar-refractivity contribution in [1.29, 1.82) is 0 Å². The van der Waals surface area contributed by atoms with Gasteiger partial charge < -0.3 is 15.4 Å². The number of carbonyl (C=O) groups is 1. The first-order valence-corrected chi connectivity index (χ1v) is 7.31. The third kappa shape index (κ3) is 4.03. The number of amides is 1. The van der Waals surface area contributed by atoms with E-state index in [-0.39, 0.29) is 18.6 Å². The van der Waals surface area contributed by atoms with Crippen LogP contribution >= 0.6 is 0 Å². The number of pyridine rings is 1. The lowest BCUT2D eigenvalue weighted by molar-refractivity contribution is 0.0534. The van der Waals surface area contributed by atoms with E-state index in [1.807, 2.05) is 6.92 Å². The molecule has 0 spiro atoms. The number of hydrogen-bond acceptors (Lipinski definition) is 4. The first-order chi connectivity index (χ1) is 10.3. The molecule has 1 aliphatic heterocycles. The maximum Gasteiger partial charge on any atom is 0.273 e. The average Bonchev–Trinajstić information content (AvgIpc) is 3.03. The van der Waals surface area contributed by atoms with Gasteiger partial charge in [-0.1, -0.05) is 11.8 Å². The Bertz CT molecular complexity index is 542. The van der Waals surface area contributed by atoms with Crippen LogP contribution in [0.1, 0.15) is 35.8 Å². The van der Waals surface area contributed by atoms with Crippen LogP contribution in [0, 0.1) is 11.8 Å². The summed E-state index contributed by atoms with van der Waals surface area (Å²) in [6.07, 6.45) is 3.82. The molecule has 1 amide bonds. The molecule has 21 heavy (non-hydrogen) atoms. The quantitative estimate of drug-likeness (QED) is 0.840. The van der Waals surface area contributed by atoms with Gasteiger partial charge in [-0.3, -0.25) is 4.79 Å². The molecule has 0 radical (unpaired) electrons. The largest absolute Gasteiger partial charge is 0.376 e. The molecule has 1 aromatic heterocycles. The fraction of sp³-hybridized carbons (Fsp3) is 0.500. The zero-order chi connectivity index (χ0) is 15.1. The molecule has 5 heteroatoms. The van der Waals surface area contributed by atoms with E-state index in [1.54, 1.807) is 23.2 Å². The van der Waals surface area contributed by atoms with Crippen molar-refractivity contribution in [2.75, 3.05) is 26.2 Å². The molecule has 0 aliphatic carbocycles. The van der Waals surface area contributed by atoms with Gasteiger partial charge in [-0.2, -0.15) is 0 Å². The molecule has 1 aromatic rings. The maximum absolute atomic E-state index is 12.7. The Labute approximate surface area is 125 Å². The first kappa shape index (κ1) is 15.5. The predicted octanol–water partition coefficient (Wildman–Crippen LogP) is 1.03. The van der Waals surface area contributed by atoms with E-state index in [4.69, 9.17) is 10.5 Å². The number of ether oxygens (including phenoxy) is 1. The monoisotopic (exact) mass is 287 g/mol. The summed E-state index contributed by atoms with van der Waals surface area (Å²) >= 11 is 0. The van der Waals surface area contributed by atoms with E-state index in [0.717, 1.165) is 19.4 Å². The van der Waals surface area contributed by atoms with Gasteiger partial charge in [-0.25, -0.2) is 4.98 Å². The van der Waals surface area contributed by atoms with Gasteiger partial charge in [0, 0.05) is 25.9 Å². The van der Waals surface area contributed by atoms with Crippen LogP contribution in [0.15, 0.2) is 18.3 Å². The SMILES string of the molecule is CCN(CC1CCCO1)C(=O)c1ncccc1C#CCN. The Hall–Kier alpha value is -1.90. The zero-order valence-electron chi connectivity index (χ0n) is 12.3. The van der Waals surface area contributed by atoms with E-state index in [2.05, 4.69) is 16.8 Å². The third-order valence-corrected chi connectivity index (χ3v) is 3.45. The Kier molecular flexibility index (Phi) is 5.73. The summed E-state index contributed by atoms with van der Waals surface area (Å²) in [5, 5.41) is 0. The molecule has 2 N–H and O–H groups in total. The molecular formula is C16H21N3O2. The highest BCUT2D eigenvalue weighted by atomic mass is 16.5. The van der Waals surface area contributed by atoms with Gasteiger partial charge in [0.05, 0.1) is 18.2 Å². The van der Waals surface area contributed by atoms with Crippen LogP contribution in [0.5, 0.6) is 0 Å². The number of likely N-dealkylation sites (N-methyl/N-ethyl adjacent to an activating group) is 1. The molecule has 5 nitrogen and oxygen atoms in total. The van der Waals surface area contributed by atoms with Crippen LogP contribution < -0.4 is 5.73 Å². The highest BCUT2D eigenvalue weighted by Crippen LogP contribution is 2.15. The molecule has 1 saturated heterocycles. The van der Waals surface area contributed by atoms with Crippen LogP contribution in [0.2, 0.25) is 0 Å². The minimum absolute atomic E-state index is 0.102. The summed E-state index contributed by atoms with van der Waals surface area (Å²) in [7, 11) is 0. The lowest BCUT2D eigenvalue weighted by Gasteiger charge is -2.24. The molecule has 112 valence electrons. The van der Waals surface area contributed by atoms with Crippen molar-refractivity contribution in [1.82, 2.24) is 9.88 Å². The molecule has 1 unspecified atom stereocenters. The fourth-order valence-corrected chi connectivity index (χ4v) is 2.36. The predicted molar refractivity (Wildman–Crippen MR) is 80.7 cm³/mol. The van der Waals surface area contributed by atoms with Gasteiger partial charge in [0.15, 0.2) is 0 Å². The molecule has 0 saturated carbocycles. The van der Waals surface area contributed by atoms with Gasteiger partial charge in [-0.05, 0) is 31.9 Å². The summed E-state index contributed by atoms with van der Waals surface area (Å²) in [6.45, 7) is 4.23. The number of aromatic nitrogens is 1. The standard InChI is InChI=1S/C16H21N3O2/c1-2-19(12-14-8-5-11-21-14)16(20)15-13(6-3-9-17)7-4-10-18-15/h4,7,10,14H,2,5,8-9,11-12,17H2,1H3. The Balaban J connectivity index is 2.16. The lowest BCUT2D eigenvalue weighted by atomic mass is 10.1. The number of rotatable bonds is 4. The summed E-state index contributed by atoms with van der Waals surface area (Å²) in [5.41, 5.74) is 6.40. The molecule has 2 rings (SSSR count). The Morgan fingerprint density at radius 2 is 2.48 bits per heavy atom. The minimum Gasteiger partial charge on any atom is -0.376 e. The molecular weight excluding hydrogens is 266 g/mol. The Morgan fingerprint density at radius 3 is 3.14 bits per heavy atom. The lowest BCUT2D eigenvalue weighted by Crippen LogP contribution is -2.38. The van der Waals surface area contributed by atoms with Gasteiger partial charge in [0.25, 0.3) is 5.91 Å². The number of nitrogens with zero attached hydrogens (tertiary/aromatic N) is 2. The average molecular weight is 287 g/mol. The van der Waals surface area contributed by atoms with Crippen molar-refractivity contribution in [2.45, 2.75) is 25.9 Å². The number of nitrogens with two attached hydrogens (primary N) is 1. The van der Waals surface area contributed by atoms with Gasteiger partial charge in [-0.15, -0.1) is 0 Å². The van der Waals surface area contributed by atoms with Crippen LogP contribution in [-0.2, 0) is 4.74 Å². The van der Waals surface area contributed by atoms with Crippen molar-refractivity contribution in [3.05, 3.63) is 29.6 Å².